The SMILES string of the molecule is CC1CCC(C)N(c2ncc(C#N)cc2N)C1. The molecule has 2 N–H and O–H groups in total. The van der Waals surface area contributed by atoms with Crippen LogP contribution in [0.5, 0.6) is 0 Å². The predicted molar refractivity (Wildman–Crippen MR) is 68.6 cm³/mol. The number of nitrogens with two attached hydrogens (primary N) is 1. The van der Waals surface area contributed by atoms with Crippen LogP contribution >= 0.6 is 0 Å². The summed E-state index contributed by atoms with van der Waals surface area (Å²) in [6.07, 6.45) is 4.02. The Hall–Kier alpha value is -1.76. The lowest BCUT2D eigenvalue weighted by Crippen LogP contribution is -2.41. The fourth-order valence-electron chi connectivity index (χ4n) is 2.36. The Balaban J connectivity index is 2.30. The van der Waals surface area contributed by atoms with E-state index in [4.69, 9.17) is 11.0 Å². The lowest BCUT2D eigenvalue weighted by atomic mass is 9.95. The number of nitrogens with zero attached hydrogens (tertiary/aromatic N) is 3. The van der Waals surface area contributed by atoms with Crippen molar-refractivity contribution in [2.45, 2.75) is 32.7 Å². The van der Waals surface area contributed by atoms with Gasteiger partial charge in [-0.05, 0) is 31.7 Å². The van der Waals surface area contributed by atoms with E-state index in [1.807, 2.05) is 0 Å². The minimum atomic E-state index is 0.467. The number of piperidine rings is 1. The number of nitriles is 1. The van der Waals surface area contributed by atoms with Crippen molar-refractivity contribution in [1.82, 2.24) is 4.98 Å². The maximum Gasteiger partial charge on any atom is 0.152 e. The molecule has 0 aliphatic carbocycles. The second-order valence-corrected chi connectivity index (χ2v) is 4.93. The fourth-order valence-corrected chi connectivity index (χ4v) is 2.36. The molecule has 2 unspecified atom stereocenters. The van der Waals surface area contributed by atoms with Gasteiger partial charge in [0.1, 0.15) is 6.07 Å². The van der Waals surface area contributed by atoms with E-state index in [1.54, 1.807) is 12.3 Å². The highest BCUT2D eigenvalue weighted by atomic mass is 15.2. The van der Waals surface area contributed by atoms with E-state index < -0.39 is 0 Å². The van der Waals surface area contributed by atoms with Crippen LogP contribution in [-0.4, -0.2) is 17.6 Å². The van der Waals surface area contributed by atoms with Crippen LogP contribution in [0.3, 0.4) is 0 Å². The van der Waals surface area contributed by atoms with Crippen LogP contribution in [0.15, 0.2) is 12.3 Å². The highest BCUT2D eigenvalue weighted by molar-refractivity contribution is 5.65. The second-order valence-electron chi connectivity index (χ2n) is 4.93. The highest BCUT2D eigenvalue weighted by Crippen LogP contribution is 2.29. The first-order valence-electron chi connectivity index (χ1n) is 6.04. The van der Waals surface area contributed by atoms with Gasteiger partial charge in [-0.1, -0.05) is 6.92 Å². The molecule has 1 aliphatic heterocycles. The Bertz CT molecular complexity index is 449. The minimum absolute atomic E-state index is 0.467. The van der Waals surface area contributed by atoms with Crippen molar-refractivity contribution >= 4 is 11.5 Å². The lowest BCUT2D eigenvalue weighted by Gasteiger charge is -2.38. The molecule has 0 radical (unpaired) electrons. The predicted octanol–water partition coefficient (Wildman–Crippen LogP) is 2.16. The molecular weight excluding hydrogens is 212 g/mol. The number of hydrogen-bond donors (Lipinski definition) is 1. The maximum atomic E-state index is 8.80. The number of aromatic nitrogens is 1. The van der Waals surface area contributed by atoms with E-state index in [1.165, 1.54) is 12.8 Å². The number of nitrogen functional groups attached to an aromatic ring is 1. The van der Waals surface area contributed by atoms with Crippen molar-refractivity contribution in [1.29, 1.82) is 5.26 Å². The van der Waals surface area contributed by atoms with Crippen LogP contribution in [0.25, 0.3) is 0 Å². The molecule has 4 nitrogen and oxygen atoms in total. The molecule has 1 aromatic rings. The zero-order valence-corrected chi connectivity index (χ0v) is 10.3. The number of anilines is 2. The lowest BCUT2D eigenvalue weighted by molar-refractivity contribution is 0.388. The molecule has 2 heterocycles. The van der Waals surface area contributed by atoms with Gasteiger partial charge in [-0.15, -0.1) is 0 Å². The Morgan fingerprint density at radius 2 is 2.24 bits per heavy atom. The van der Waals surface area contributed by atoms with Gasteiger partial charge in [0, 0.05) is 18.8 Å². The van der Waals surface area contributed by atoms with E-state index in [0.717, 1.165) is 12.4 Å². The van der Waals surface area contributed by atoms with Gasteiger partial charge in [0.05, 0.1) is 11.3 Å². The zero-order valence-electron chi connectivity index (χ0n) is 10.3. The summed E-state index contributed by atoms with van der Waals surface area (Å²) >= 11 is 0. The van der Waals surface area contributed by atoms with Gasteiger partial charge in [-0.3, -0.25) is 0 Å². The maximum absolute atomic E-state index is 8.80. The third-order valence-corrected chi connectivity index (χ3v) is 3.41. The van der Waals surface area contributed by atoms with Crippen LogP contribution in [0.2, 0.25) is 0 Å². The van der Waals surface area contributed by atoms with Gasteiger partial charge >= 0.3 is 0 Å². The third-order valence-electron chi connectivity index (χ3n) is 3.41. The molecule has 1 aliphatic rings. The van der Waals surface area contributed by atoms with Crippen LogP contribution in [0, 0.1) is 17.2 Å². The van der Waals surface area contributed by atoms with E-state index in [-0.39, 0.29) is 0 Å². The molecule has 0 saturated carbocycles. The molecule has 0 aromatic carbocycles. The molecule has 0 spiro atoms. The molecular formula is C13H18N4. The molecule has 1 fully saturated rings. The molecule has 1 aromatic heterocycles. The van der Waals surface area contributed by atoms with E-state index in [9.17, 15) is 0 Å². The summed E-state index contributed by atoms with van der Waals surface area (Å²) in [7, 11) is 0. The Morgan fingerprint density at radius 1 is 1.47 bits per heavy atom. The molecule has 2 atom stereocenters. The van der Waals surface area contributed by atoms with Gasteiger partial charge in [0.2, 0.25) is 0 Å². The summed E-state index contributed by atoms with van der Waals surface area (Å²) in [5, 5.41) is 8.80. The molecule has 0 bridgehead atoms. The summed E-state index contributed by atoms with van der Waals surface area (Å²) in [5.74, 6) is 1.49. The summed E-state index contributed by atoms with van der Waals surface area (Å²) < 4.78 is 0. The van der Waals surface area contributed by atoms with Crippen molar-refractivity contribution < 1.29 is 0 Å². The molecule has 0 amide bonds. The van der Waals surface area contributed by atoms with Gasteiger partial charge in [-0.25, -0.2) is 4.98 Å². The second kappa shape index (κ2) is 4.62. The molecule has 90 valence electrons. The monoisotopic (exact) mass is 230 g/mol. The normalized spacial score (nSPS) is 24.4. The van der Waals surface area contributed by atoms with Gasteiger partial charge in [0.15, 0.2) is 5.82 Å². The fraction of sp³-hybridized carbons (Fsp3) is 0.538. The third kappa shape index (κ3) is 2.33. The Morgan fingerprint density at radius 3 is 2.88 bits per heavy atom. The first-order valence-corrected chi connectivity index (χ1v) is 6.04. The molecule has 17 heavy (non-hydrogen) atoms. The summed E-state index contributed by atoms with van der Waals surface area (Å²) in [6.45, 7) is 5.44. The number of hydrogen-bond acceptors (Lipinski definition) is 4. The topological polar surface area (TPSA) is 65.9 Å². The van der Waals surface area contributed by atoms with Crippen LogP contribution in [-0.2, 0) is 0 Å². The summed E-state index contributed by atoms with van der Waals surface area (Å²) in [4.78, 5) is 6.59. The largest absolute Gasteiger partial charge is 0.396 e. The zero-order chi connectivity index (χ0) is 12.4. The minimum Gasteiger partial charge on any atom is -0.396 e. The molecule has 1 saturated heterocycles. The van der Waals surface area contributed by atoms with Crippen molar-refractivity contribution in [3.8, 4) is 6.07 Å². The number of rotatable bonds is 1. The average molecular weight is 230 g/mol. The van der Waals surface area contributed by atoms with Crippen molar-refractivity contribution in [2.24, 2.45) is 5.92 Å². The van der Waals surface area contributed by atoms with E-state index in [2.05, 4.69) is 29.8 Å². The molecule has 4 heteroatoms. The Labute approximate surface area is 102 Å². The first kappa shape index (κ1) is 11.7. The van der Waals surface area contributed by atoms with Crippen molar-refractivity contribution in [3.05, 3.63) is 17.8 Å². The van der Waals surface area contributed by atoms with Crippen LogP contribution in [0.1, 0.15) is 32.3 Å². The van der Waals surface area contributed by atoms with Gasteiger partial charge < -0.3 is 10.6 Å². The van der Waals surface area contributed by atoms with E-state index >= 15 is 0 Å². The smallest absolute Gasteiger partial charge is 0.152 e. The Kier molecular flexibility index (Phi) is 3.19. The van der Waals surface area contributed by atoms with Crippen molar-refractivity contribution in [3.63, 3.8) is 0 Å². The quantitative estimate of drug-likeness (QED) is 0.802. The number of pyridine rings is 1. The summed E-state index contributed by atoms with van der Waals surface area (Å²) in [5.41, 5.74) is 7.10. The van der Waals surface area contributed by atoms with E-state index in [0.29, 0.717) is 23.2 Å². The average Bonchev–Trinajstić information content (AvgIpc) is 2.32. The summed E-state index contributed by atoms with van der Waals surface area (Å²) in [6, 6.07) is 4.23. The van der Waals surface area contributed by atoms with Crippen LogP contribution in [0.4, 0.5) is 11.5 Å². The standard InChI is InChI=1S/C13H18N4/c1-9-3-4-10(2)17(8-9)13-12(15)5-11(6-14)7-16-13/h5,7,9-10H,3-4,8,15H2,1-2H3. The molecule has 2 rings (SSSR count). The van der Waals surface area contributed by atoms with Crippen molar-refractivity contribution in [2.75, 3.05) is 17.2 Å². The highest BCUT2D eigenvalue weighted by Gasteiger charge is 2.25. The van der Waals surface area contributed by atoms with Gasteiger partial charge in [0.25, 0.3) is 0 Å². The van der Waals surface area contributed by atoms with Crippen LogP contribution < -0.4 is 10.6 Å². The first-order chi connectivity index (χ1) is 8.11. The van der Waals surface area contributed by atoms with Gasteiger partial charge in [-0.2, -0.15) is 5.26 Å².